The largest absolute Gasteiger partial charge is 0.398 e. The molecule has 1 aromatic heterocycles. The molecule has 16 heavy (non-hydrogen) atoms. The van der Waals surface area contributed by atoms with Crippen LogP contribution in [0, 0.1) is 12.7 Å². The molecule has 0 radical (unpaired) electrons. The van der Waals surface area contributed by atoms with Crippen LogP contribution >= 0.6 is 11.8 Å². The average Bonchev–Trinajstić information content (AvgIpc) is 2.27. The van der Waals surface area contributed by atoms with Gasteiger partial charge >= 0.3 is 0 Å². The van der Waals surface area contributed by atoms with Gasteiger partial charge in [-0.05, 0) is 30.7 Å². The second-order valence-corrected chi connectivity index (χ2v) is 4.35. The summed E-state index contributed by atoms with van der Waals surface area (Å²) in [7, 11) is 0. The Morgan fingerprint density at radius 2 is 2.19 bits per heavy atom. The normalized spacial score (nSPS) is 10.4. The maximum Gasteiger partial charge on any atom is 0.128 e. The highest BCUT2D eigenvalue weighted by Gasteiger charge is 2.06. The predicted molar refractivity (Wildman–Crippen MR) is 61.7 cm³/mol. The number of nitrogens with zero attached hydrogens (tertiary/aromatic N) is 2. The molecule has 0 aliphatic rings. The summed E-state index contributed by atoms with van der Waals surface area (Å²) in [5.41, 5.74) is 6.73. The molecule has 2 N–H and O–H groups in total. The zero-order chi connectivity index (χ0) is 11.5. The Kier molecular flexibility index (Phi) is 3.05. The number of nitrogens with two attached hydrogens (primary N) is 1. The Bertz CT molecular complexity index is 502. The molecule has 0 aliphatic heterocycles. The summed E-state index contributed by atoms with van der Waals surface area (Å²) >= 11 is 1.39. The second-order valence-electron chi connectivity index (χ2n) is 3.29. The molecule has 0 unspecified atom stereocenters. The number of rotatable bonds is 2. The minimum atomic E-state index is -0.287. The average molecular weight is 235 g/mol. The van der Waals surface area contributed by atoms with Crippen LogP contribution in [0.3, 0.4) is 0 Å². The van der Waals surface area contributed by atoms with Crippen molar-refractivity contribution >= 4 is 17.4 Å². The van der Waals surface area contributed by atoms with Gasteiger partial charge in [-0.1, -0.05) is 11.8 Å². The molecule has 0 bridgehead atoms. The molecule has 1 heterocycles. The van der Waals surface area contributed by atoms with E-state index in [2.05, 4.69) is 9.97 Å². The summed E-state index contributed by atoms with van der Waals surface area (Å²) in [5, 5.41) is 0.785. The van der Waals surface area contributed by atoms with Crippen molar-refractivity contribution in [2.45, 2.75) is 16.8 Å². The Labute approximate surface area is 96.9 Å². The van der Waals surface area contributed by atoms with Gasteiger partial charge in [-0.2, -0.15) is 0 Å². The van der Waals surface area contributed by atoms with Crippen LogP contribution < -0.4 is 5.73 Å². The first kappa shape index (κ1) is 10.9. The molecular formula is C11H10FN3S. The van der Waals surface area contributed by atoms with Gasteiger partial charge in [0.2, 0.25) is 0 Å². The number of nitrogen functional groups attached to an aromatic ring is 1. The molecule has 5 heteroatoms. The van der Waals surface area contributed by atoms with Crippen LogP contribution in [0.5, 0.6) is 0 Å². The van der Waals surface area contributed by atoms with Crippen LogP contribution in [0.15, 0.2) is 40.6 Å². The van der Waals surface area contributed by atoms with Crippen LogP contribution in [0.4, 0.5) is 10.1 Å². The molecule has 0 saturated carbocycles. The Hall–Kier alpha value is -1.62. The Balaban J connectivity index is 2.32. The third-order valence-electron chi connectivity index (χ3n) is 2.06. The zero-order valence-electron chi connectivity index (χ0n) is 8.64. The van der Waals surface area contributed by atoms with Crippen LogP contribution in [-0.2, 0) is 0 Å². The van der Waals surface area contributed by atoms with Crippen LogP contribution in [-0.4, -0.2) is 9.97 Å². The third kappa shape index (κ3) is 2.30. The second kappa shape index (κ2) is 4.49. The maximum atomic E-state index is 13.2. The molecule has 0 aliphatic carbocycles. The van der Waals surface area contributed by atoms with E-state index in [-0.39, 0.29) is 5.82 Å². The molecule has 0 amide bonds. The quantitative estimate of drug-likeness (QED) is 0.642. The molecule has 0 atom stereocenters. The van der Waals surface area contributed by atoms with E-state index in [1.807, 2.05) is 0 Å². The highest BCUT2D eigenvalue weighted by molar-refractivity contribution is 7.99. The van der Waals surface area contributed by atoms with Gasteiger partial charge in [0.15, 0.2) is 0 Å². The van der Waals surface area contributed by atoms with Crippen LogP contribution in [0.25, 0.3) is 0 Å². The molecule has 1 aromatic carbocycles. The van der Waals surface area contributed by atoms with E-state index >= 15 is 0 Å². The van der Waals surface area contributed by atoms with E-state index < -0.39 is 0 Å². The molecule has 2 aromatic rings. The van der Waals surface area contributed by atoms with Gasteiger partial charge in [-0.25, -0.2) is 14.4 Å². The van der Waals surface area contributed by atoms with Gasteiger partial charge < -0.3 is 5.73 Å². The van der Waals surface area contributed by atoms with Gasteiger partial charge in [-0.15, -0.1) is 0 Å². The van der Waals surface area contributed by atoms with Crippen molar-refractivity contribution in [3.05, 3.63) is 42.1 Å². The summed E-state index contributed by atoms with van der Waals surface area (Å²) in [5.74, 6) is -0.287. The van der Waals surface area contributed by atoms with Crippen molar-refractivity contribution in [2.24, 2.45) is 0 Å². The standard InChI is InChI=1S/C11H10FN3S/c1-7-4-10(9(13)5-8(7)12)16-11-2-3-14-6-15-11/h2-6H,13H2,1H3. The fraction of sp³-hybridized carbons (Fsp3) is 0.0909. The third-order valence-corrected chi connectivity index (χ3v) is 3.08. The SMILES string of the molecule is Cc1cc(Sc2ccncn2)c(N)cc1F. The monoisotopic (exact) mass is 235 g/mol. The lowest BCUT2D eigenvalue weighted by Gasteiger charge is -2.06. The number of hydrogen-bond acceptors (Lipinski definition) is 4. The van der Waals surface area contributed by atoms with Crippen molar-refractivity contribution in [2.75, 3.05) is 5.73 Å². The number of aromatic nitrogens is 2. The molecule has 82 valence electrons. The topological polar surface area (TPSA) is 51.8 Å². The summed E-state index contributed by atoms with van der Waals surface area (Å²) < 4.78 is 13.2. The van der Waals surface area contributed by atoms with Gasteiger partial charge in [0.1, 0.15) is 17.2 Å². The Morgan fingerprint density at radius 3 is 2.88 bits per heavy atom. The van der Waals surface area contributed by atoms with E-state index in [9.17, 15) is 4.39 Å². The van der Waals surface area contributed by atoms with Gasteiger partial charge in [0.25, 0.3) is 0 Å². The minimum absolute atomic E-state index is 0.287. The first-order valence-corrected chi connectivity index (χ1v) is 5.48. The summed E-state index contributed by atoms with van der Waals surface area (Å²) in [6.45, 7) is 1.71. The highest BCUT2D eigenvalue weighted by Crippen LogP contribution is 2.32. The molecule has 0 saturated heterocycles. The fourth-order valence-electron chi connectivity index (χ4n) is 1.21. The van der Waals surface area contributed by atoms with E-state index in [1.54, 1.807) is 25.3 Å². The van der Waals surface area contributed by atoms with Gasteiger partial charge in [0, 0.05) is 16.8 Å². The fourth-order valence-corrected chi connectivity index (χ4v) is 2.08. The lowest BCUT2D eigenvalue weighted by Crippen LogP contribution is -1.93. The molecule has 0 fully saturated rings. The molecular weight excluding hydrogens is 225 g/mol. The number of aryl methyl sites for hydroxylation is 1. The predicted octanol–water partition coefficient (Wildman–Crippen LogP) is 2.66. The van der Waals surface area contributed by atoms with Crippen molar-refractivity contribution in [1.82, 2.24) is 9.97 Å². The number of halogens is 1. The smallest absolute Gasteiger partial charge is 0.128 e. The van der Waals surface area contributed by atoms with Gasteiger partial charge in [0.05, 0.1) is 0 Å². The first-order chi connectivity index (χ1) is 7.66. The van der Waals surface area contributed by atoms with Crippen LogP contribution in [0.1, 0.15) is 5.56 Å². The number of anilines is 1. The maximum absolute atomic E-state index is 13.2. The van der Waals surface area contributed by atoms with Gasteiger partial charge in [-0.3, -0.25) is 0 Å². The molecule has 2 rings (SSSR count). The van der Waals surface area contributed by atoms with E-state index in [4.69, 9.17) is 5.73 Å². The van der Waals surface area contributed by atoms with Crippen LogP contribution in [0.2, 0.25) is 0 Å². The lowest BCUT2D eigenvalue weighted by atomic mass is 10.2. The molecule has 3 nitrogen and oxygen atoms in total. The first-order valence-electron chi connectivity index (χ1n) is 4.66. The van der Waals surface area contributed by atoms with E-state index in [0.717, 1.165) is 9.92 Å². The highest BCUT2D eigenvalue weighted by atomic mass is 32.2. The van der Waals surface area contributed by atoms with E-state index in [0.29, 0.717) is 11.3 Å². The summed E-state index contributed by atoms with van der Waals surface area (Å²) in [6.07, 6.45) is 3.12. The van der Waals surface area contributed by atoms with Crippen molar-refractivity contribution < 1.29 is 4.39 Å². The van der Waals surface area contributed by atoms with Crippen molar-refractivity contribution in [3.63, 3.8) is 0 Å². The summed E-state index contributed by atoms with van der Waals surface area (Å²) in [4.78, 5) is 8.70. The summed E-state index contributed by atoms with van der Waals surface area (Å²) in [6, 6.07) is 4.83. The molecule has 0 spiro atoms. The van der Waals surface area contributed by atoms with Crippen molar-refractivity contribution in [1.29, 1.82) is 0 Å². The zero-order valence-corrected chi connectivity index (χ0v) is 9.46. The van der Waals surface area contributed by atoms with Crippen molar-refractivity contribution in [3.8, 4) is 0 Å². The lowest BCUT2D eigenvalue weighted by molar-refractivity contribution is 0.618. The number of benzene rings is 1. The minimum Gasteiger partial charge on any atom is -0.398 e. The Morgan fingerprint density at radius 1 is 1.38 bits per heavy atom. The number of hydrogen-bond donors (Lipinski definition) is 1. The van der Waals surface area contributed by atoms with E-state index in [1.165, 1.54) is 24.2 Å².